The fourth-order valence-corrected chi connectivity index (χ4v) is 12.4. The molecule has 0 amide bonds. The Morgan fingerprint density at radius 3 is 1.29 bits per heavy atom. The highest BCUT2D eigenvalue weighted by molar-refractivity contribution is 9.08. The van der Waals surface area contributed by atoms with Crippen LogP contribution in [-0.4, -0.2) is 80.7 Å². The number of nitrogens with zero attached hydrogens (tertiary/aromatic N) is 3. The third kappa shape index (κ3) is 12.6. The van der Waals surface area contributed by atoms with Crippen LogP contribution in [0.5, 0.6) is 0 Å². The molecule has 59 heavy (non-hydrogen) atoms. The van der Waals surface area contributed by atoms with Crippen LogP contribution in [0.1, 0.15) is 113 Å². The van der Waals surface area contributed by atoms with Crippen molar-refractivity contribution in [2.75, 3.05) is 26.2 Å². The predicted molar refractivity (Wildman–Crippen MR) is 245 cm³/mol. The van der Waals surface area contributed by atoms with Gasteiger partial charge in [-0.05, 0) is 123 Å². The SMILES string of the molecule is CC(C)c1ccc(CBr)cc1.CC(C)c1ccc(CN2CCC(N(C3CC3)S(=O)(=O)c3ccccc3)CC2)cc1.O=S(=O)(c1ccccc1)N(C1CCNCC1)C1CC1. The van der Waals surface area contributed by atoms with E-state index in [0.717, 1.165) is 89.4 Å². The summed E-state index contributed by atoms with van der Waals surface area (Å²) in [4.78, 5) is 3.32. The maximum atomic E-state index is 13.3. The highest BCUT2D eigenvalue weighted by Crippen LogP contribution is 2.38. The van der Waals surface area contributed by atoms with E-state index in [1.54, 1.807) is 40.7 Å². The zero-order valence-electron chi connectivity index (χ0n) is 35.4. The lowest BCUT2D eigenvalue weighted by Gasteiger charge is -2.38. The summed E-state index contributed by atoms with van der Waals surface area (Å²) in [5, 5.41) is 4.25. The Bertz CT molecular complexity index is 2080. The van der Waals surface area contributed by atoms with E-state index in [1.807, 2.05) is 28.6 Å². The molecule has 0 unspecified atom stereocenters. The van der Waals surface area contributed by atoms with E-state index in [-0.39, 0.29) is 24.2 Å². The van der Waals surface area contributed by atoms with Crippen molar-refractivity contribution in [3.8, 4) is 0 Å². The Balaban J connectivity index is 0.000000166. The molecule has 4 aliphatic rings. The van der Waals surface area contributed by atoms with Crippen molar-refractivity contribution in [2.45, 2.75) is 137 Å². The number of hydrogen-bond acceptors (Lipinski definition) is 6. The summed E-state index contributed by atoms with van der Waals surface area (Å²) in [5.74, 6) is 1.19. The highest BCUT2D eigenvalue weighted by Gasteiger charge is 2.44. The van der Waals surface area contributed by atoms with Crippen LogP contribution < -0.4 is 5.32 Å². The largest absolute Gasteiger partial charge is 0.317 e. The van der Waals surface area contributed by atoms with E-state index in [9.17, 15) is 16.8 Å². The van der Waals surface area contributed by atoms with E-state index in [0.29, 0.717) is 21.6 Å². The third-order valence-electron chi connectivity index (χ3n) is 11.9. The summed E-state index contributed by atoms with van der Waals surface area (Å²) in [6, 6.07) is 36.1. The maximum absolute atomic E-state index is 13.3. The molecule has 2 aliphatic carbocycles. The van der Waals surface area contributed by atoms with E-state index >= 15 is 0 Å². The Hall–Kier alpha value is -2.90. The molecule has 4 aromatic rings. The lowest BCUT2D eigenvalue weighted by Crippen LogP contribution is -2.48. The molecule has 0 spiro atoms. The summed E-state index contributed by atoms with van der Waals surface area (Å²) < 4.78 is 55.8. The van der Waals surface area contributed by atoms with Crippen molar-refractivity contribution in [1.82, 2.24) is 18.8 Å². The molecular weight excluding hydrogens is 841 g/mol. The lowest BCUT2D eigenvalue weighted by atomic mass is 10.0. The molecule has 8 rings (SSSR count). The summed E-state index contributed by atoms with van der Waals surface area (Å²) in [7, 11) is -6.74. The molecule has 0 aromatic heterocycles. The second-order valence-corrected chi connectivity index (χ2v) is 21.4. The van der Waals surface area contributed by atoms with Crippen LogP contribution >= 0.6 is 15.9 Å². The fourth-order valence-electron chi connectivity index (χ4n) is 8.12. The van der Waals surface area contributed by atoms with Gasteiger partial charge in [0.1, 0.15) is 0 Å². The molecule has 1 N–H and O–H groups in total. The Morgan fingerprint density at radius 1 is 0.542 bits per heavy atom. The van der Waals surface area contributed by atoms with Gasteiger partial charge in [-0.1, -0.05) is 129 Å². The number of alkyl halides is 1. The summed E-state index contributed by atoms with van der Waals surface area (Å²) in [6.07, 6.45) is 7.67. The summed E-state index contributed by atoms with van der Waals surface area (Å²) in [6.45, 7) is 13.5. The standard InChI is InChI=1S/C24H32N2O2S.C14H20N2O2S.C10H13Br/c1-19(2)21-10-8-20(9-11-21)18-25-16-14-23(15-17-25)26(22-12-13-22)29(27,28)24-6-4-3-5-7-24;17-19(18,14-4-2-1-3-5-14)16(12-6-7-12)13-8-10-15-11-9-13;1-8(2)10-5-3-9(7-11)4-6-10/h3-11,19,22-23H,12-18H2,1-2H3;1-5,12-13,15H,6-11H2;3-6,8H,7H2,1-2H3. The van der Waals surface area contributed by atoms with Crippen LogP contribution in [0, 0.1) is 0 Å². The van der Waals surface area contributed by atoms with Crippen LogP contribution in [-0.2, 0) is 31.9 Å². The fraction of sp³-hybridized carbons (Fsp3) is 0.500. The zero-order chi connectivity index (χ0) is 42.0. The number of sulfonamides is 2. The van der Waals surface area contributed by atoms with E-state index in [2.05, 4.69) is 102 Å². The van der Waals surface area contributed by atoms with Crippen molar-refractivity contribution in [1.29, 1.82) is 0 Å². The minimum absolute atomic E-state index is 0.118. The van der Waals surface area contributed by atoms with Gasteiger partial charge in [0.25, 0.3) is 0 Å². The molecule has 4 aromatic carbocycles. The molecule has 2 saturated heterocycles. The van der Waals surface area contributed by atoms with Gasteiger partial charge in [0.2, 0.25) is 20.0 Å². The van der Waals surface area contributed by atoms with Crippen LogP contribution in [0.4, 0.5) is 0 Å². The van der Waals surface area contributed by atoms with Crippen LogP contribution in [0.25, 0.3) is 0 Å². The number of piperidine rings is 2. The normalized spacial score (nSPS) is 18.4. The molecule has 320 valence electrons. The first-order valence-electron chi connectivity index (χ1n) is 21.7. The van der Waals surface area contributed by atoms with Crippen LogP contribution in [0.3, 0.4) is 0 Å². The monoisotopic (exact) mass is 904 g/mol. The van der Waals surface area contributed by atoms with Gasteiger partial charge >= 0.3 is 0 Å². The topological polar surface area (TPSA) is 90.0 Å². The first kappa shape index (κ1) is 45.6. The second-order valence-electron chi connectivity index (χ2n) is 17.2. The maximum Gasteiger partial charge on any atom is 0.243 e. The second kappa shape index (κ2) is 21.3. The lowest BCUT2D eigenvalue weighted by molar-refractivity contribution is 0.150. The number of nitrogens with one attached hydrogen (secondary N) is 1. The van der Waals surface area contributed by atoms with Gasteiger partial charge in [-0.15, -0.1) is 0 Å². The molecule has 0 atom stereocenters. The zero-order valence-corrected chi connectivity index (χ0v) is 38.6. The van der Waals surface area contributed by atoms with Gasteiger partial charge in [-0.2, -0.15) is 8.61 Å². The molecule has 11 heteroatoms. The summed E-state index contributed by atoms with van der Waals surface area (Å²) in [5.41, 5.74) is 5.46. The van der Waals surface area contributed by atoms with Gasteiger partial charge in [0.05, 0.1) is 9.79 Å². The van der Waals surface area contributed by atoms with E-state index in [1.165, 1.54) is 22.3 Å². The van der Waals surface area contributed by atoms with Crippen molar-refractivity contribution in [3.05, 3.63) is 131 Å². The first-order valence-corrected chi connectivity index (χ1v) is 25.7. The number of rotatable bonds is 13. The van der Waals surface area contributed by atoms with Gasteiger partial charge in [-0.3, -0.25) is 4.90 Å². The first-order chi connectivity index (χ1) is 28.4. The van der Waals surface area contributed by atoms with Gasteiger partial charge in [0, 0.05) is 49.1 Å². The van der Waals surface area contributed by atoms with Crippen molar-refractivity contribution in [2.24, 2.45) is 0 Å². The average molecular weight is 906 g/mol. The number of benzene rings is 4. The quantitative estimate of drug-likeness (QED) is 0.135. The molecule has 4 fully saturated rings. The minimum Gasteiger partial charge on any atom is -0.317 e. The summed E-state index contributed by atoms with van der Waals surface area (Å²) >= 11 is 3.42. The van der Waals surface area contributed by atoms with Crippen molar-refractivity contribution in [3.63, 3.8) is 0 Å². The Kier molecular flexibility index (Phi) is 16.4. The predicted octanol–water partition coefficient (Wildman–Crippen LogP) is 9.92. The number of hydrogen-bond donors (Lipinski definition) is 1. The third-order valence-corrected chi connectivity index (χ3v) is 16.6. The minimum atomic E-state index is -3.41. The molecule has 0 radical (unpaired) electrons. The van der Waals surface area contributed by atoms with Crippen molar-refractivity contribution >= 4 is 36.0 Å². The van der Waals surface area contributed by atoms with Gasteiger partial charge < -0.3 is 5.32 Å². The Morgan fingerprint density at radius 2 is 0.915 bits per heavy atom. The molecule has 0 bridgehead atoms. The smallest absolute Gasteiger partial charge is 0.243 e. The van der Waals surface area contributed by atoms with Gasteiger partial charge in [0.15, 0.2) is 0 Å². The number of likely N-dealkylation sites (tertiary alicyclic amines) is 1. The molecule has 8 nitrogen and oxygen atoms in total. The van der Waals surface area contributed by atoms with E-state index in [4.69, 9.17) is 0 Å². The van der Waals surface area contributed by atoms with Crippen LogP contribution in [0.15, 0.2) is 119 Å². The molecule has 2 saturated carbocycles. The van der Waals surface area contributed by atoms with Crippen LogP contribution in [0.2, 0.25) is 0 Å². The van der Waals surface area contributed by atoms with E-state index < -0.39 is 20.0 Å². The average Bonchev–Trinajstić information content (AvgIpc) is 4.21. The van der Waals surface area contributed by atoms with Gasteiger partial charge in [-0.25, -0.2) is 16.8 Å². The Labute approximate surface area is 364 Å². The highest BCUT2D eigenvalue weighted by atomic mass is 79.9. The molecular formula is C48H65BrN4O4S2. The molecule has 2 aliphatic heterocycles. The number of halogens is 1. The molecule has 2 heterocycles. The van der Waals surface area contributed by atoms with Crippen molar-refractivity contribution < 1.29 is 16.8 Å².